The van der Waals surface area contributed by atoms with Crippen molar-refractivity contribution in [1.29, 1.82) is 0 Å². The van der Waals surface area contributed by atoms with Gasteiger partial charge >= 0.3 is 5.97 Å². The second-order valence-electron chi connectivity index (χ2n) is 5.56. The number of carbonyl (C=O) groups excluding carboxylic acids is 2. The van der Waals surface area contributed by atoms with E-state index in [2.05, 4.69) is 5.32 Å². The quantitative estimate of drug-likeness (QED) is 0.527. The van der Waals surface area contributed by atoms with Crippen LogP contribution in [-0.4, -0.2) is 18.5 Å². The van der Waals surface area contributed by atoms with Crippen molar-refractivity contribution in [2.45, 2.75) is 0 Å². The topological polar surface area (TPSA) is 55.4 Å². The number of ether oxygens (including phenoxy) is 1. The van der Waals surface area contributed by atoms with Gasteiger partial charge in [0.05, 0.1) is 0 Å². The first kappa shape index (κ1) is 17.7. The molecule has 3 aromatic rings. The van der Waals surface area contributed by atoms with Crippen molar-refractivity contribution in [3.63, 3.8) is 0 Å². The lowest BCUT2D eigenvalue weighted by Gasteiger charge is -2.05. The highest BCUT2D eigenvalue weighted by molar-refractivity contribution is 6.30. The van der Waals surface area contributed by atoms with Gasteiger partial charge in [-0.3, -0.25) is 4.79 Å². The van der Waals surface area contributed by atoms with Crippen LogP contribution >= 0.6 is 11.6 Å². The maximum absolute atomic E-state index is 11.8. The van der Waals surface area contributed by atoms with E-state index in [-0.39, 0.29) is 6.61 Å². The second-order valence-corrected chi connectivity index (χ2v) is 6.00. The van der Waals surface area contributed by atoms with Crippen molar-refractivity contribution in [3.05, 3.63) is 83.4 Å². The molecule has 4 nitrogen and oxygen atoms in total. The summed E-state index contributed by atoms with van der Waals surface area (Å²) in [7, 11) is 0. The third-order valence-electron chi connectivity index (χ3n) is 3.70. The van der Waals surface area contributed by atoms with Gasteiger partial charge in [-0.15, -0.1) is 0 Å². The molecule has 0 aliphatic carbocycles. The van der Waals surface area contributed by atoms with Gasteiger partial charge in [0.2, 0.25) is 0 Å². The van der Waals surface area contributed by atoms with Crippen molar-refractivity contribution < 1.29 is 14.3 Å². The largest absolute Gasteiger partial charge is 0.452 e. The number of fused-ring (bicyclic) bond motifs is 1. The van der Waals surface area contributed by atoms with E-state index in [9.17, 15) is 9.59 Å². The van der Waals surface area contributed by atoms with Crippen molar-refractivity contribution in [3.8, 4) is 0 Å². The lowest BCUT2D eigenvalue weighted by molar-refractivity contribution is -0.142. The first-order chi connectivity index (χ1) is 12.6. The Balaban J connectivity index is 1.55. The molecule has 0 radical (unpaired) electrons. The first-order valence-electron chi connectivity index (χ1n) is 8.00. The number of halogens is 1. The summed E-state index contributed by atoms with van der Waals surface area (Å²) in [6.07, 6.45) is 3.00. The zero-order valence-electron chi connectivity index (χ0n) is 13.8. The number of carbonyl (C=O) groups is 2. The maximum Gasteiger partial charge on any atom is 0.331 e. The molecule has 0 fully saturated rings. The van der Waals surface area contributed by atoms with Gasteiger partial charge < -0.3 is 10.1 Å². The highest BCUT2D eigenvalue weighted by atomic mass is 35.5. The number of rotatable bonds is 5. The summed E-state index contributed by atoms with van der Waals surface area (Å²) < 4.78 is 4.97. The maximum atomic E-state index is 11.8. The SMILES string of the molecule is O=C(COC(=O)/C=C/c1cccc2ccccc12)Nc1ccc(Cl)cc1. The van der Waals surface area contributed by atoms with Crippen molar-refractivity contribution in [2.75, 3.05) is 11.9 Å². The third kappa shape index (κ3) is 4.71. The minimum absolute atomic E-state index is 0.360. The monoisotopic (exact) mass is 365 g/mol. The zero-order valence-corrected chi connectivity index (χ0v) is 14.6. The predicted octanol–water partition coefficient (Wildman–Crippen LogP) is 4.69. The summed E-state index contributed by atoms with van der Waals surface area (Å²) >= 11 is 5.78. The Morgan fingerprint density at radius 3 is 2.50 bits per heavy atom. The molecule has 3 aromatic carbocycles. The Morgan fingerprint density at radius 2 is 1.69 bits per heavy atom. The first-order valence-corrected chi connectivity index (χ1v) is 8.37. The van der Waals surface area contributed by atoms with Crippen LogP contribution < -0.4 is 5.32 Å². The molecule has 0 aliphatic rings. The van der Waals surface area contributed by atoms with Crippen LogP contribution in [0.3, 0.4) is 0 Å². The molecule has 130 valence electrons. The fourth-order valence-corrected chi connectivity index (χ4v) is 2.59. The molecule has 0 bridgehead atoms. The minimum atomic E-state index is -0.579. The Hall–Kier alpha value is -3.11. The Bertz CT molecular complexity index is 959. The fraction of sp³-hybridized carbons (Fsp3) is 0.0476. The van der Waals surface area contributed by atoms with Gasteiger partial charge in [0.1, 0.15) is 0 Å². The van der Waals surface area contributed by atoms with Gasteiger partial charge in [0.15, 0.2) is 6.61 Å². The van der Waals surface area contributed by atoms with Crippen LogP contribution in [0.25, 0.3) is 16.8 Å². The number of hydrogen-bond acceptors (Lipinski definition) is 3. The highest BCUT2D eigenvalue weighted by Gasteiger charge is 2.06. The molecule has 0 heterocycles. The Morgan fingerprint density at radius 1 is 0.962 bits per heavy atom. The summed E-state index contributed by atoms with van der Waals surface area (Å²) in [5, 5.41) is 5.33. The molecule has 5 heteroatoms. The van der Waals surface area contributed by atoms with E-state index in [1.54, 1.807) is 30.3 Å². The van der Waals surface area contributed by atoms with Crippen molar-refractivity contribution in [1.82, 2.24) is 0 Å². The average Bonchev–Trinajstić information content (AvgIpc) is 2.66. The lowest BCUT2D eigenvalue weighted by Crippen LogP contribution is -2.20. The summed E-state index contributed by atoms with van der Waals surface area (Å²) in [5.41, 5.74) is 1.49. The summed E-state index contributed by atoms with van der Waals surface area (Å²) in [6.45, 7) is -0.360. The van der Waals surface area contributed by atoms with E-state index in [4.69, 9.17) is 16.3 Å². The van der Waals surface area contributed by atoms with Crippen LogP contribution in [0.4, 0.5) is 5.69 Å². The van der Waals surface area contributed by atoms with Gasteiger partial charge in [-0.1, -0.05) is 54.1 Å². The normalized spacial score (nSPS) is 10.8. The van der Waals surface area contributed by atoms with E-state index in [1.165, 1.54) is 6.08 Å². The fourth-order valence-electron chi connectivity index (χ4n) is 2.47. The zero-order chi connectivity index (χ0) is 18.4. The molecule has 0 atom stereocenters. The van der Waals surface area contributed by atoms with Crippen LogP contribution in [0.1, 0.15) is 5.56 Å². The number of hydrogen-bond donors (Lipinski definition) is 1. The number of amides is 1. The molecule has 3 rings (SSSR count). The standard InChI is InChI=1S/C21H16ClNO3/c22-17-9-11-18(12-10-17)23-20(24)14-26-21(25)13-8-16-6-3-5-15-4-1-2-7-19(15)16/h1-13H,14H2,(H,23,24)/b13-8+. The summed E-state index contributed by atoms with van der Waals surface area (Å²) in [5.74, 6) is -0.997. The van der Waals surface area contributed by atoms with Gasteiger partial charge in [0, 0.05) is 16.8 Å². The molecule has 0 saturated carbocycles. The van der Waals surface area contributed by atoms with E-state index >= 15 is 0 Å². The minimum Gasteiger partial charge on any atom is -0.452 e. The van der Waals surface area contributed by atoms with Gasteiger partial charge in [-0.05, 0) is 46.7 Å². The smallest absolute Gasteiger partial charge is 0.331 e. The van der Waals surface area contributed by atoms with Gasteiger partial charge in [-0.25, -0.2) is 4.79 Å². The molecule has 0 unspecified atom stereocenters. The Labute approximate surface area is 156 Å². The van der Waals surface area contributed by atoms with Crippen molar-refractivity contribution >= 4 is 46.0 Å². The molecule has 0 aliphatic heterocycles. The number of anilines is 1. The van der Waals surface area contributed by atoms with E-state index in [0.717, 1.165) is 16.3 Å². The lowest BCUT2D eigenvalue weighted by atomic mass is 10.0. The molecule has 0 aromatic heterocycles. The van der Waals surface area contributed by atoms with E-state index in [1.807, 2.05) is 42.5 Å². The van der Waals surface area contributed by atoms with E-state index in [0.29, 0.717) is 10.7 Å². The van der Waals surface area contributed by atoms with Crippen LogP contribution in [0.15, 0.2) is 72.8 Å². The van der Waals surface area contributed by atoms with E-state index < -0.39 is 11.9 Å². The average molecular weight is 366 g/mol. The van der Waals surface area contributed by atoms with Crippen LogP contribution in [0.2, 0.25) is 5.02 Å². The third-order valence-corrected chi connectivity index (χ3v) is 3.95. The summed E-state index contributed by atoms with van der Waals surface area (Å²) in [6, 6.07) is 20.4. The molecular formula is C21H16ClNO3. The van der Waals surface area contributed by atoms with Crippen LogP contribution in [0, 0.1) is 0 Å². The van der Waals surface area contributed by atoms with Crippen LogP contribution in [-0.2, 0) is 14.3 Å². The molecule has 26 heavy (non-hydrogen) atoms. The molecule has 1 N–H and O–H groups in total. The van der Waals surface area contributed by atoms with Crippen molar-refractivity contribution in [2.24, 2.45) is 0 Å². The van der Waals surface area contributed by atoms with Gasteiger partial charge in [0.25, 0.3) is 5.91 Å². The molecule has 0 saturated heterocycles. The second kappa shape index (κ2) is 8.32. The molecular weight excluding hydrogens is 350 g/mol. The molecule has 1 amide bonds. The molecule has 0 spiro atoms. The number of benzene rings is 3. The Kier molecular flexibility index (Phi) is 5.66. The number of esters is 1. The van der Waals surface area contributed by atoms with Crippen LogP contribution in [0.5, 0.6) is 0 Å². The number of nitrogens with one attached hydrogen (secondary N) is 1. The highest BCUT2D eigenvalue weighted by Crippen LogP contribution is 2.19. The summed E-state index contributed by atoms with van der Waals surface area (Å²) in [4.78, 5) is 23.7. The predicted molar refractivity (Wildman–Crippen MR) is 104 cm³/mol. The van der Waals surface area contributed by atoms with Gasteiger partial charge in [-0.2, -0.15) is 0 Å².